The van der Waals surface area contributed by atoms with Crippen LogP contribution in [-0.2, 0) is 16.1 Å². The van der Waals surface area contributed by atoms with Gasteiger partial charge in [0.2, 0.25) is 11.8 Å². The van der Waals surface area contributed by atoms with Crippen molar-refractivity contribution < 1.29 is 9.59 Å². The highest BCUT2D eigenvalue weighted by Gasteiger charge is 2.31. The van der Waals surface area contributed by atoms with Gasteiger partial charge in [0.05, 0.1) is 6.54 Å². The van der Waals surface area contributed by atoms with Crippen LogP contribution in [-0.4, -0.2) is 80.4 Å². The molecule has 1 aromatic rings. The molecule has 0 atom stereocenters. The highest BCUT2D eigenvalue weighted by Crippen LogP contribution is 2.28. The Morgan fingerprint density at radius 2 is 1.63 bits per heavy atom. The summed E-state index contributed by atoms with van der Waals surface area (Å²) in [4.78, 5) is 32.9. The van der Waals surface area contributed by atoms with Crippen molar-refractivity contribution in [3.8, 4) is 0 Å². The SMILES string of the molecule is CN(Cc1ccc(N(C)C)cc1)C(=O)CN1CCN(C(=O)C2CCC2)CC1. The van der Waals surface area contributed by atoms with Crippen LogP contribution in [0.3, 0.4) is 0 Å². The van der Waals surface area contributed by atoms with E-state index in [4.69, 9.17) is 0 Å². The highest BCUT2D eigenvalue weighted by molar-refractivity contribution is 5.80. The number of carbonyl (C=O) groups is 2. The minimum absolute atomic E-state index is 0.130. The van der Waals surface area contributed by atoms with Crippen molar-refractivity contribution >= 4 is 17.5 Å². The van der Waals surface area contributed by atoms with Crippen LogP contribution in [0, 0.1) is 5.92 Å². The average molecular weight is 373 g/mol. The third-order valence-electron chi connectivity index (χ3n) is 5.80. The number of likely N-dealkylation sites (N-methyl/N-ethyl adjacent to an activating group) is 1. The van der Waals surface area contributed by atoms with Crippen LogP contribution in [0.15, 0.2) is 24.3 Å². The Kier molecular flexibility index (Phi) is 6.37. The molecule has 2 fully saturated rings. The Hall–Kier alpha value is -2.08. The maximum Gasteiger partial charge on any atom is 0.236 e. The number of amides is 2. The first-order valence-corrected chi connectivity index (χ1v) is 9.95. The van der Waals surface area contributed by atoms with Gasteiger partial charge in [0.25, 0.3) is 0 Å². The van der Waals surface area contributed by atoms with Crippen molar-refractivity contribution in [1.29, 1.82) is 0 Å². The molecule has 0 bridgehead atoms. The number of piperazine rings is 1. The van der Waals surface area contributed by atoms with Crippen molar-refractivity contribution in [3.63, 3.8) is 0 Å². The van der Waals surface area contributed by atoms with Crippen LogP contribution in [0.4, 0.5) is 5.69 Å². The van der Waals surface area contributed by atoms with Crippen molar-refractivity contribution in [2.45, 2.75) is 25.8 Å². The lowest BCUT2D eigenvalue weighted by Crippen LogP contribution is -2.53. The van der Waals surface area contributed by atoms with Crippen LogP contribution in [0.2, 0.25) is 0 Å². The second-order valence-electron chi connectivity index (χ2n) is 8.04. The van der Waals surface area contributed by atoms with E-state index in [1.54, 1.807) is 4.90 Å². The number of carbonyl (C=O) groups excluding carboxylic acids is 2. The molecule has 0 N–H and O–H groups in total. The lowest BCUT2D eigenvalue weighted by molar-refractivity contribution is -0.140. The molecule has 0 unspecified atom stereocenters. The summed E-state index contributed by atoms with van der Waals surface area (Å²) in [5, 5.41) is 0. The fraction of sp³-hybridized carbons (Fsp3) is 0.619. The first kappa shape index (κ1) is 19.7. The van der Waals surface area contributed by atoms with Gasteiger partial charge in [0.15, 0.2) is 0 Å². The van der Waals surface area contributed by atoms with E-state index in [0.717, 1.165) is 50.3 Å². The number of anilines is 1. The number of benzene rings is 1. The fourth-order valence-corrected chi connectivity index (χ4v) is 3.61. The van der Waals surface area contributed by atoms with E-state index in [1.165, 1.54) is 6.42 Å². The highest BCUT2D eigenvalue weighted by atomic mass is 16.2. The Morgan fingerprint density at radius 3 is 2.15 bits per heavy atom. The molecule has 1 saturated carbocycles. The molecular weight excluding hydrogens is 340 g/mol. The van der Waals surface area contributed by atoms with Crippen molar-refractivity contribution in [3.05, 3.63) is 29.8 Å². The van der Waals surface area contributed by atoms with E-state index in [0.29, 0.717) is 19.0 Å². The standard InChI is InChI=1S/C21H32N4O2/c1-22(2)19-9-7-17(8-10-19)15-23(3)20(26)16-24-11-13-25(14-12-24)21(27)18-5-4-6-18/h7-10,18H,4-6,11-16H2,1-3H3. The van der Waals surface area contributed by atoms with E-state index in [9.17, 15) is 9.59 Å². The maximum atomic E-state index is 12.6. The van der Waals surface area contributed by atoms with Gasteiger partial charge in [0, 0.05) is 65.5 Å². The molecule has 2 aliphatic rings. The predicted octanol–water partition coefficient (Wildman–Crippen LogP) is 1.66. The Labute approximate surface area is 162 Å². The minimum Gasteiger partial charge on any atom is -0.378 e. The molecular formula is C21H32N4O2. The lowest BCUT2D eigenvalue weighted by atomic mass is 9.84. The smallest absolute Gasteiger partial charge is 0.236 e. The molecule has 148 valence electrons. The maximum absolute atomic E-state index is 12.6. The zero-order chi connectivity index (χ0) is 19.4. The summed E-state index contributed by atoms with van der Waals surface area (Å²) in [6.07, 6.45) is 3.30. The monoisotopic (exact) mass is 372 g/mol. The van der Waals surface area contributed by atoms with Gasteiger partial charge in [0.1, 0.15) is 0 Å². The van der Waals surface area contributed by atoms with Crippen LogP contribution < -0.4 is 4.90 Å². The molecule has 1 saturated heterocycles. The van der Waals surface area contributed by atoms with E-state index in [2.05, 4.69) is 34.1 Å². The number of hydrogen-bond donors (Lipinski definition) is 0. The molecule has 1 aromatic carbocycles. The lowest BCUT2D eigenvalue weighted by Gasteiger charge is -2.38. The third kappa shape index (κ3) is 5.01. The summed E-state index contributed by atoms with van der Waals surface area (Å²) in [5.74, 6) is 0.721. The number of rotatable bonds is 6. The molecule has 1 heterocycles. The first-order valence-electron chi connectivity index (χ1n) is 9.95. The van der Waals surface area contributed by atoms with Gasteiger partial charge in [-0.3, -0.25) is 14.5 Å². The average Bonchev–Trinajstić information content (AvgIpc) is 2.61. The quantitative estimate of drug-likeness (QED) is 0.762. The summed E-state index contributed by atoms with van der Waals surface area (Å²) >= 11 is 0. The van der Waals surface area contributed by atoms with Crippen molar-refractivity contribution in [2.24, 2.45) is 5.92 Å². The molecule has 0 spiro atoms. The van der Waals surface area contributed by atoms with Gasteiger partial charge in [-0.15, -0.1) is 0 Å². The van der Waals surface area contributed by atoms with Gasteiger partial charge < -0.3 is 14.7 Å². The normalized spacial score (nSPS) is 18.1. The van der Waals surface area contributed by atoms with E-state index in [1.807, 2.05) is 26.0 Å². The number of nitrogens with zero attached hydrogens (tertiary/aromatic N) is 4. The number of hydrogen-bond acceptors (Lipinski definition) is 4. The van der Waals surface area contributed by atoms with E-state index in [-0.39, 0.29) is 11.8 Å². The second kappa shape index (κ2) is 8.74. The molecule has 0 aromatic heterocycles. The van der Waals surface area contributed by atoms with Crippen molar-refractivity contribution in [2.75, 3.05) is 58.8 Å². The van der Waals surface area contributed by atoms with Crippen LogP contribution >= 0.6 is 0 Å². The molecule has 3 rings (SSSR count). The largest absolute Gasteiger partial charge is 0.378 e. The van der Waals surface area contributed by atoms with Gasteiger partial charge >= 0.3 is 0 Å². The van der Waals surface area contributed by atoms with Crippen LogP contribution in [0.25, 0.3) is 0 Å². The van der Waals surface area contributed by atoms with Crippen LogP contribution in [0.5, 0.6) is 0 Å². The molecule has 0 radical (unpaired) electrons. The molecule has 1 aliphatic carbocycles. The van der Waals surface area contributed by atoms with E-state index >= 15 is 0 Å². The second-order valence-corrected chi connectivity index (χ2v) is 8.04. The first-order chi connectivity index (χ1) is 12.9. The molecule has 6 heteroatoms. The van der Waals surface area contributed by atoms with Gasteiger partial charge in [-0.05, 0) is 30.5 Å². The summed E-state index contributed by atoms with van der Waals surface area (Å²) in [6.45, 7) is 4.12. The zero-order valence-electron chi connectivity index (χ0n) is 16.9. The predicted molar refractivity (Wildman–Crippen MR) is 108 cm³/mol. The summed E-state index contributed by atoms with van der Waals surface area (Å²) in [7, 11) is 5.90. The summed E-state index contributed by atoms with van der Waals surface area (Å²) in [5.41, 5.74) is 2.29. The Balaban J connectivity index is 1.42. The zero-order valence-corrected chi connectivity index (χ0v) is 16.9. The topological polar surface area (TPSA) is 47.1 Å². The van der Waals surface area contributed by atoms with Gasteiger partial charge in [-0.1, -0.05) is 18.6 Å². The van der Waals surface area contributed by atoms with Gasteiger partial charge in [-0.25, -0.2) is 0 Å². The Morgan fingerprint density at radius 1 is 1.00 bits per heavy atom. The van der Waals surface area contributed by atoms with Crippen molar-refractivity contribution in [1.82, 2.24) is 14.7 Å². The molecule has 6 nitrogen and oxygen atoms in total. The molecule has 2 amide bonds. The third-order valence-corrected chi connectivity index (χ3v) is 5.80. The van der Waals surface area contributed by atoms with Crippen LogP contribution in [0.1, 0.15) is 24.8 Å². The Bertz CT molecular complexity index is 647. The van der Waals surface area contributed by atoms with E-state index < -0.39 is 0 Å². The summed E-state index contributed by atoms with van der Waals surface area (Å²) in [6, 6.07) is 8.30. The minimum atomic E-state index is 0.130. The fourth-order valence-electron chi connectivity index (χ4n) is 3.61. The molecule has 1 aliphatic heterocycles. The summed E-state index contributed by atoms with van der Waals surface area (Å²) < 4.78 is 0. The van der Waals surface area contributed by atoms with Gasteiger partial charge in [-0.2, -0.15) is 0 Å². The molecule has 27 heavy (non-hydrogen) atoms.